The molecule has 2 amide bonds. The highest BCUT2D eigenvalue weighted by Crippen LogP contribution is 2.33. The number of rotatable bonds is 2. The Balaban J connectivity index is 1.77. The van der Waals surface area contributed by atoms with Crippen LogP contribution in [0.25, 0.3) is 0 Å². The van der Waals surface area contributed by atoms with Crippen LogP contribution in [0.2, 0.25) is 5.02 Å². The molecule has 3 rings (SSSR count). The minimum Gasteiger partial charge on any atom is -0.359 e. The van der Waals surface area contributed by atoms with Crippen molar-refractivity contribution < 1.29 is 9.32 Å². The van der Waals surface area contributed by atoms with E-state index in [9.17, 15) is 4.79 Å². The Hall–Kier alpha value is -2.01. The number of hydrogen-bond acceptors (Lipinski definition) is 3. The Kier molecular flexibility index (Phi) is 4.07. The van der Waals surface area contributed by atoms with Crippen molar-refractivity contribution in [1.29, 1.82) is 0 Å². The van der Waals surface area contributed by atoms with E-state index in [2.05, 4.69) is 10.5 Å². The van der Waals surface area contributed by atoms with E-state index in [0.29, 0.717) is 11.6 Å². The van der Waals surface area contributed by atoms with Crippen LogP contribution < -0.4 is 5.32 Å². The van der Waals surface area contributed by atoms with Crippen molar-refractivity contribution in [3.63, 3.8) is 0 Å². The molecule has 1 aromatic heterocycles. The van der Waals surface area contributed by atoms with Gasteiger partial charge in [0.2, 0.25) is 0 Å². The third-order valence-corrected chi connectivity index (χ3v) is 4.16. The van der Waals surface area contributed by atoms with Crippen LogP contribution in [0, 0.1) is 13.8 Å². The van der Waals surface area contributed by atoms with Gasteiger partial charge in [-0.15, -0.1) is 0 Å². The maximum Gasteiger partial charge on any atom is 0.322 e. The lowest BCUT2D eigenvalue weighted by atomic mass is 10.1. The quantitative estimate of drug-likeness (QED) is 0.897. The van der Waals surface area contributed by atoms with Gasteiger partial charge < -0.3 is 14.7 Å². The van der Waals surface area contributed by atoms with Crippen LogP contribution >= 0.6 is 11.6 Å². The Morgan fingerprint density at radius 2 is 2.23 bits per heavy atom. The van der Waals surface area contributed by atoms with Gasteiger partial charge in [-0.3, -0.25) is 0 Å². The molecule has 2 heterocycles. The predicted octanol–water partition coefficient (Wildman–Crippen LogP) is 4.31. The van der Waals surface area contributed by atoms with Crippen molar-refractivity contribution >= 4 is 23.3 Å². The van der Waals surface area contributed by atoms with E-state index in [-0.39, 0.29) is 12.1 Å². The summed E-state index contributed by atoms with van der Waals surface area (Å²) in [6, 6.07) is 7.16. The number of anilines is 1. The molecular formula is C16H18ClN3O2. The molecule has 1 aliphatic rings. The van der Waals surface area contributed by atoms with E-state index in [1.165, 1.54) is 0 Å². The molecular weight excluding hydrogens is 302 g/mol. The number of aryl methyl sites for hydroxylation is 2. The molecule has 0 spiro atoms. The molecule has 5 nitrogen and oxygen atoms in total. The standard InChI is InChI=1S/C16H18ClN3O2/c1-10-5-6-12(17)9-13(10)18-16(21)20-7-3-4-14(20)15-8-11(2)19-22-15/h5-6,8-9,14H,3-4,7H2,1-2H3,(H,18,21). The number of aromatic nitrogens is 1. The normalized spacial score (nSPS) is 17.8. The molecule has 1 aliphatic heterocycles. The summed E-state index contributed by atoms with van der Waals surface area (Å²) >= 11 is 6.00. The lowest BCUT2D eigenvalue weighted by Crippen LogP contribution is -2.34. The van der Waals surface area contributed by atoms with Gasteiger partial charge in [-0.25, -0.2) is 4.79 Å². The average Bonchev–Trinajstić information content (AvgIpc) is 3.11. The van der Waals surface area contributed by atoms with E-state index < -0.39 is 0 Å². The van der Waals surface area contributed by atoms with Crippen molar-refractivity contribution in [3.05, 3.63) is 46.3 Å². The fourth-order valence-electron chi connectivity index (χ4n) is 2.76. The summed E-state index contributed by atoms with van der Waals surface area (Å²) in [5.41, 5.74) is 2.54. The molecule has 1 aromatic carbocycles. The number of halogens is 1. The van der Waals surface area contributed by atoms with Gasteiger partial charge in [0.15, 0.2) is 5.76 Å². The van der Waals surface area contributed by atoms with Crippen molar-refractivity contribution in [2.24, 2.45) is 0 Å². The van der Waals surface area contributed by atoms with Crippen molar-refractivity contribution in [1.82, 2.24) is 10.1 Å². The van der Waals surface area contributed by atoms with Gasteiger partial charge in [-0.2, -0.15) is 0 Å². The first-order valence-electron chi connectivity index (χ1n) is 7.31. The minimum atomic E-state index is -0.137. The van der Waals surface area contributed by atoms with Crippen molar-refractivity contribution in [2.45, 2.75) is 32.7 Å². The highest BCUT2D eigenvalue weighted by Gasteiger charge is 2.32. The molecule has 1 fully saturated rings. The number of likely N-dealkylation sites (tertiary alicyclic amines) is 1. The molecule has 2 aromatic rings. The fraction of sp³-hybridized carbons (Fsp3) is 0.375. The smallest absolute Gasteiger partial charge is 0.322 e. The number of urea groups is 1. The first-order chi connectivity index (χ1) is 10.5. The zero-order chi connectivity index (χ0) is 15.7. The zero-order valence-corrected chi connectivity index (χ0v) is 13.4. The summed E-state index contributed by atoms with van der Waals surface area (Å²) in [5.74, 6) is 0.743. The number of amides is 2. The van der Waals surface area contributed by atoms with Gasteiger partial charge in [0.25, 0.3) is 0 Å². The third-order valence-electron chi connectivity index (χ3n) is 3.93. The molecule has 22 heavy (non-hydrogen) atoms. The Labute approximate surface area is 134 Å². The van der Waals surface area contributed by atoms with E-state index in [1.54, 1.807) is 11.0 Å². The van der Waals surface area contributed by atoms with Gasteiger partial charge in [0.1, 0.15) is 0 Å². The second-order valence-electron chi connectivity index (χ2n) is 5.61. The maximum atomic E-state index is 12.6. The van der Waals surface area contributed by atoms with Gasteiger partial charge in [-0.05, 0) is 44.4 Å². The molecule has 1 atom stereocenters. The lowest BCUT2D eigenvalue weighted by molar-refractivity contribution is 0.195. The number of nitrogens with zero attached hydrogens (tertiary/aromatic N) is 2. The van der Waals surface area contributed by atoms with Crippen molar-refractivity contribution in [3.8, 4) is 0 Å². The Morgan fingerprint density at radius 1 is 1.41 bits per heavy atom. The molecule has 1 N–H and O–H groups in total. The largest absolute Gasteiger partial charge is 0.359 e. The average molecular weight is 320 g/mol. The summed E-state index contributed by atoms with van der Waals surface area (Å²) in [7, 11) is 0. The minimum absolute atomic E-state index is 0.0549. The van der Waals surface area contributed by atoms with E-state index in [1.807, 2.05) is 32.0 Å². The first-order valence-corrected chi connectivity index (χ1v) is 7.69. The lowest BCUT2D eigenvalue weighted by Gasteiger charge is -2.23. The van der Waals surface area contributed by atoms with E-state index in [0.717, 1.165) is 35.5 Å². The number of hydrogen-bond donors (Lipinski definition) is 1. The van der Waals surface area contributed by atoms with Crippen LogP contribution in [0.5, 0.6) is 0 Å². The second kappa shape index (κ2) is 6.01. The van der Waals surface area contributed by atoms with Crippen LogP contribution in [0.1, 0.15) is 35.9 Å². The summed E-state index contributed by atoms with van der Waals surface area (Å²) in [5, 5.41) is 7.46. The Bertz CT molecular complexity index is 698. The SMILES string of the molecule is Cc1cc(C2CCCN2C(=O)Nc2cc(Cl)ccc2C)on1. The number of nitrogens with one attached hydrogen (secondary N) is 1. The monoisotopic (exact) mass is 319 g/mol. The molecule has 1 unspecified atom stereocenters. The summed E-state index contributed by atoms with van der Waals surface area (Å²) in [6.45, 7) is 4.52. The van der Waals surface area contributed by atoms with Crippen LogP contribution in [0.4, 0.5) is 10.5 Å². The van der Waals surface area contributed by atoms with Crippen LogP contribution in [0.15, 0.2) is 28.8 Å². The highest BCUT2D eigenvalue weighted by molar-refractivity contribution is 6.31. The number of carbonyl (C=O) groups excluding carboxylic acids is 1. The summed E-state index contributed by atoms with van der Waals surface area (Å²) in [4.78, 5) is 14.4. The molecule has 0 radical (unpaired) electrons. The topological polar surface area (TPSA) is 58.4 Å². The van der Waals surface area contributed by atoms with Gasteiger partial charge in [-0.1, -0.05) is 22.8 Å². The van der Waals surface area contributed by atoms with E-state index in [4.69, 9.17) is 16.1 Å². The molecule has 1 saturated heterocycles. The third kappa shape index (κ3) is 2.95. The molecule has 0 saturated carbocycles. The Morgan fingerprint density at radius 3 is 2.95 bits per heavy atom. The summed E-state index contributed by atoms with van der Waals surface area (Å²) in [6.07, 6.45) is 1.84. The molecule has 116 valence electrons. The zero-order valence-electron chi connectivity index (χ0n) is 12.6. The molecule has 0 bridgehead atoms. The van der Waals surface area contributed by atoms with Gasteiger partial charge >= 0.3 is 6.03 Å². The predicted molar refractivity (Wildman–Crippen MR) is 85.1 cm³/mol. The van der Waals surface area contributed by atoms with Crippen molar-refractivity contribution in [2.75, 3.05) is 11.9 Å². The van der Waals surface area contributed by atoms with Gasteiger partial charge in [0, 0.05) is 23.3 Å². The fourth-order valence-corrected chi connectivity index (χ4v) is 2.93. The number of benzene rings is 1. The van der Waals surface area contributed by atoms with E-state index >= 15 is 0 Å². The van der Waals surface area contributed by atoms with Crippen LogP contribution in [-0.4, -0.2) is 22.6 Å². The first kappa shape index (κ1) is 14.9. The summed E-state index contributed by atoms with van der Waals surface area (Å²) < 4.78 is 5.33. The number of carbonyl (C=O) groups is 1. The maximum absolute atomic E-state index is 12.6. The van der Waals surface area contributed by atoms with Crippen LogP contribution in [-0.2, 0) is 0 Å². The highest BCUT2D eigenvalue weighted by atomic mass is 35.5. The molecule has 0 aliphatic carbocycles. The van der Waals surface area contributed by atoms with Crippen LogP contribution in [0.3, 0.4) is 0 Å². The molecule has 6 heteroatoms. The second-order valence-corrected chi connectivity index (χ2v) is 6.05. The van der Waals surface area contributed by atoms with Gasteiger partial charge in [0.05, 0.1) is 11.7 Å².